The van der Waals surface area contributed by atoms with Gasteiger partial charge >= 0.3 is 0 Å². The summed E-state index contributed by atoms with van der Waals surface area (Å²) < 4.78 is 5.75. The molecule has 0 aromatic heterocycles. The van der Waals surface area contributed by atoms with E-state index in [0.29, 0.717) is 12.0 Å². The molecule has 1 aromatic carbocycles. The van der Waals surface area contributed by atoms with Crippen molar-refractivity contribution in [3.05, 3.63) is 30.3 Å². The Morgan fingerprint density at radius 2 is 1.82 bits per heavy atom. The van der Waals surface area contributed by atoms with Gasteiger partial charge in [0.05, 0.1) is 6.10 Å². The van der Waals surface area contributed by atoms with Crippen LogP contribution in [0.1, 0.15) is 33.6 Å². The molecule has 1 N–H and O–H groups in total. The smallest absolute Gasteiger partial charge is 0.0549 e. The molecule has 1 unspecified atom stereocenters. The highest BCUT2D eigenvalue weighted by molar-refractivity contribution is 5.42. The van der Waals surface area contributed by atoms with E-state index in [0.717, 1.165) is 26.0 Å². The quantitative estimate of drug-likeness (QED) is 0.689. The molecule has 0 radical (unpaired) electrons. The molecule has 0 bridgehead atoms. The van der Waals surface area contributed by atoms with Crippen LogP contribution < -0.4 is 5.32 Å². The summed E-state index contributed by atoms with van der Waals surface area (Å²) in [5.41, 5.74) is 1.18. The largest absolute Gasteiger partial charge is 0.385 e. The van der Waals surface area contributed by atoms with Gasteiger partial charge in [-0.15, -0.1) is 0 Å². The number of hydrogen-bond donors (Lipinski definition) is 1. The average molecular weight is 235 g/mol. The molecule has 1 rings (SSSR count). The van der Waals surface area contributed by atoms with E-state index in [1.807, 2.05) is 18.2 Å². The summed E-state index contributed by atoms with van der Waals surface area (Å²) >= 11 is 0. The topological polar surface area (TPSA) is 21.3 Å². The van der Waals surface area contributed by atoms with E-state index in [-0.39, 0.29) is 0 Å². The van der Waals surface area contributed by atoms with Crippen molar-refractivity contribution in [1.82, 2.24) is 0 Å². The summed E-state index contributed by atoms with van der Waals surface area (Å²) in [5.74, 6) is 0.715. The fourth-order valence-corrected chi connectivity index (χ4v) is 1.88. The van der Waals surface area contributed by atoms with Gasteiger partial charge in [-0.25, -0.2) is 0 Å². The van der Waals surface area contributed by atoms with Gasteiger partial charge in [-0.2, -0.15) is 0 Å². The Balaban J connectivity index is 2.01. The highest BCUT2D eigenvalue weighted by Crippen LogP contribution is 2.08. The van der Waals surface area contributed by atoms with Gasteiger partial charge in [0.25, 0.3) is 0 Å². The van der Waals surface area contributed by atoms with Crippen LogP contribution in [-0.2, 0) is 4.74 Å². The average Bonchev–Trinajstić information content (AvgIpc) is 2.29. The Hall–Kier alpha value is -1.02. The standard InChI is InChI=1S/C15H25NO/c1-13(2)12-14(3)17-11-7-10-16-15-8-5-4-6-9-15/h4-6,8-9,13-14,16H,7,10-12H2,1-3H3. The van der Waals surface area contributed by atoms with Gasteiger partial charge in [-0.1, -0.05) is 32.0 Å². The number of anilines is 1. The summed E-state index contributed by atoms with van der Waals surface area (Å²) in [6, 6.07) is 10.3. The molecule has 0 spiro atoms. The molecule has 0 saturated carbocycles. The minimum absolute atomic E-state index is 0.381. The fourth-order valence-electron chi connectivity index (χ4n) is 1.88. The van der Waals surface area contributed by atoms with Gasteiger partial charge in [0.2, 0.25) is 0 Å². The summed E-state index contributed by atoms with van der Waals surface area (Å²) in [7, 11) is 0. The lowest BCUT2D eigenvalue weighted by atomic mass is 10.1. The SMILES string of the molecule is CC(C)CC(C)OCCCNc1ccccc1. The zero-order valence-corrected chi connectivity index (χ0v) is 11.3. The van der Waals surface area contributed by atoms with Gasteiger partial charge in [0.15, 0.2) is 0 Å². The van der Waals surface area contributed by atoms with Crippen LogP contribution in [0.15, 0.2) is 30.3 Å². The minimum Gasteiger partial charge on any atom is -0.385 e. The Bertz CT molecular complexity index is 284. The number of hydrogen-bond acceptors (Lipinski definition) is 2. The molecule has 0 aliphatic rings. The molecule has 0 aliphatic heterocycles. The Labute approximate surface area is 105 Å². The summed E-state index contributed by atoms with van der Waals surface area (Å²) in [4.78, 5) is 0. The van der Waals surface area contributed by atoms with Crippen molar-refractivity contribution in [1.29, 1.82) is 0 Å². The molecule has 0 saturated heterocycles. The number of ether oxygens (including phenoxy) is 1. The number of rotatable bonds is 8. The van der Waals surface area contributed by atoms with E-state index in [9.17, 15) is 0 Å². The predicted molar refractivity (Wildman–Crippen MR) is 74.4 cm³/mol. The third-order valence-electron chi connectivity index (χ3n) is 2.63. The lowest BCUT2D eigenvalue weighted by molar-refractivity contribution is 0.0519. The van der Waals surface area contributed by atoms with Gasteiger partial charge in [-0.05, 0) is 37.8 Å². The van der Waals surface area contributed by atoms with Gasteiger partial charge in [0, 0.05) is 18.8 Å². The third kappa shape index (κ3) is 7.01. The lowest BCUT2D eigenvalue weighted by Crippen LogP contribution is -2.14. The zero-order chi connectivity index (χ0) is 12.5. The fraction of sp³-hybridized carbons (Fsp3) is 0.600. The molecule has 2 nitrogen and oxygen atoms in total. The molecular weight excluding hydrogens is 210 g/mol. The van der Waals surface area contributed by atoms with E-state index < -0.39 is 0 Å². The summed E-state index contributed by atoms with van der Waals surface area (Å²) in [6.07, 6.45) is 2.58. The normalized spacial score (nSPS) is 12.7. The first-order valence-electron chi connectivity index (χ1n) is 6.59. The molecule has 17 heavy (non-hydrogen) atoms. The van der Waals surface area contributed by atoms with Crippen LogP contribution in [0.2, 0.25) is 0 Å². The van der Waals surface area contributed by atoms with Gasteiger partial charge in [0.1, 0.15) is 0 Å². The van der Waals surface area contributed by atoms with Crippen LogP contribution in [0.4, 0.5) is 5.69 Å². The Morgan fingerprint density at radius 3 is 2.47 bits per heavy atom. The lowest BCUT2D eigenvalue weighted by Gasteiger charge is -2.15. The van der Waals surface area contributed by atoms with Crippen molar-refractivity contribution in [2.75, 3.05) is 18.5 Å². The van der Waals surface area contributed by atoms with E-state index in [1.54, 1.807) is 0 Å². The third-order valence-corrected chi connectivity index (χ3v) is 2.63. The summed E-state index contributed by atoms with van der Waals surface area (Å²) in [6.45, 7) is 8.43. The van der Waals surface area contributed by atoms with E-state index >= 15 is 0 Å². The predicted octanol–water partition coefficient (Wildman–Crippen LogP) is 3.94. The Kier molecular flexibility index (Phi) is 6.71. The van der Waals surface area contributed by atoms with Crippen molar-refractivity contribution in [2.45, 2.75) is 39.7 Å². The van der Waals surface area contributed by atoms with E-state index in [2.05, 4.69) is 38.2 Å². The van der Waals surface area contributed by atoms with Crippen LogP contribution in [-0.4, -0.2) is 19.3 Å². The van der Waals surface area contributed by atoms with E-state index in [4.69, 9.17) is 4.74 Å². The highest BCUT2D eigenvalue weighted by Gasteiger charge is 2.04. The first-order valence-corrected chi connectivity index (χ1v) is 6.59. The van der Waals surface area contributed by atoms with Crippen molar-refractivity contribution < 1.29 is 4.74 Å². The van der Waals surface area contributed by atoms with Crippen molar-refractivity contribution >= 4 is 5.69 Å². The van der Waals surface area contributed by atoms with Gasteiger partial charge in [-0.3, -0.25) is 0 Å². The summed E-state index contributed by atoms with van der Waals surface area (Å²) in [5, 5.41) is 3.38. The molecule has 96 valence electrons. The van der Waals surface area contributed by atoms with Crippen molar-refractivity contribution in [3.63, 3.8) is 0 Å². The number of nitrogens with one attached hydrogen (secondary N) is 1. The molecular formula is C15H25NO. The number of benzene rings is 1. The highest BCUT2D eigenvalue weighted by atomic mass is 16.5. The molecule has 2 heteroatoms. The first kappa shape index (κ1) is 14.0. The van der Waals surface area contributed by atoms with Gasteiger partial charge < -0.3 is 10.1 Å². The maximum absolute atomic E-state index is 5.75. The van der Waals surface area contributed by atoms with Crippen molar-refractivity contribution in [3.8, 4) is 0 Å². The monoisotopic (exact) mass is 235 g/mol. The van der Waals surface area contributed by atoms with E-state index in [1.165, 1.54) is 5.69 Å². The maximum Gasteiger partial charge on any atom is 0.0549 e. The van der Waals surface area contributed by atoms with Crippen LogP contribution in [0.25, 0.3) is 0 Å². The molecule has 1 atom stereocenters. The second kappa shape index (κ2) is 8.13. The Morgan fingerprint density at radius 1 is 1.12 bits per heavy atom. The molecule has 0 heterocycles. The van der Waals surface area contributed by atoms with Crippen molar-refractivity contribution in [2.24, 2.45) is 5.92 Å². The van der Waals surface area contributed by atoms with Crippen LogP contribution in [0, 0.1) is 5.92 Å². The molecule has 0 aliphatic carbocycles. The molecule has 0 fully saturated rings. The number of para-hydroxylation sites is 1. The first-order chi connectivity index (χ1) is 8.18. The zero-order valence-electron chi connectivity index (χ0n) is 11.3. The second-order valence-electron chi connectivity index (χ2n) is 4.96. The second-order valence-corrected chi connectivity index (χ2v) is 4.96. The van der Waals surface area contributed by atoms with Crippen LogP contribution in [0.5, 0.6) is 0 Å². The minimum atomic E-state index is 0.381. The van der Waals surface area contributed by atoms with Crippen LogP contribution >= 0.6 is 0 Å². The molecule has 0 amide bonds. The maximum atomic E-state index is 5.75. The molecule has 1 aromatic rings. The van der Waals surface area contributed by atoms with Crippen LogP contribution in [0.3, 0.4) is 0 Å².